The van der Waals surface area contributed by atoms with E-state index in [1.165, 1.54) is 0 Å². The lowest BCUT2D eigenvalue weighted by Crippen LogP contribution is -2.31. The Morgan fingerprint density at radius 2 is 1.89 bits per heavy atom. The molecule has 5 rings (SSSR count). The summed E-state index contributed by atoms with van der Waals surface area (Å²) in [6.45, 7) is 3.55. The van der Waals surface area contributed by atoms with E-state index >= 15 is 0 Å². The molecule has 0 bridgehead atoms. The van der Waals surface area contributed by atoms with Crippen LogP contribution in [-0.2, 0) is 5.60 Å². The van der Waals surface area contributed by atoms with Crippen molar-refractivity contribution in [2.45, 2.75) is 51.0 Å². The number of hydrogen-bond acceptors (Lipinski definition) is 6. The molecule has 2 heterocycles. The van der Waals surface area contributed by atoms with Crippen molar-refractivity contribution in [3.8, 4) is 5.69 Å². The average molecular weight is 502 g/mol. The first kappa shape index (κ1) is 24.6. The molecule has 1 fully saturated rings. The second-order valence-corrected chi connectivity index (χ2v) is 9.67. The topological polar surface area (TPSA) is 113 Å². The molecule has 0 atom stereocenters. The van der Waals surface area contributed by atoms with E-state index in [1.54, 1.807) is 25.4 Å². The maximum Gasteiger partial charge on any atom is 0.335 e. The average Bonchev–Trinajstić information content (AvgIpc) is 3.38. The molecular weight excluding hydrogens is 473 g/mol. The predicted molar refractivity (Wildman–Crippen MR) is 137 cm³/mol. The van der Waals surface area contributed by atoms with E-state index in [1.807, 2.05) is 48.0 Å². The summed E-state index contributed by atoms with van der Waals surface area (Å²) in [4.78, 5) is 24.3. The highest BCUT2D eigenvalue weighted by atomic mass is 19.1. The SMILES string of the molecule is Cc1cc(Nc2ncc(F)c(C)n2)cc(-n2cnc(C3(O)CCC(c4ccccc4C(=O)O)CC3)c2)c1. The second-order valence-electron chi connectivity index (χ2n) is 9.67. The second kappa shape index (κ2) is 9.74. The fraction of sp³-hybridized carbons (Fsp3) is 0.286. The molecule has 0 amide bonds. The third kappa shape index (κ3) is 5.08. The van der Waals surface area contributed by atoms with Crippen molar-refractivity contribution in [3.63, 3.8) is 0 Å². The van der Waals surface area contributed by atoms with Crippen molar-refractivity contribution in [1.82, 2.24) is 19.5 Å². The van der Waals surface area contributed by atoms with Crippen LogP contribution in [0.1, 0.15) is 64.5 Å². The molecule has 0 radical (unpaired) electrons. The normalized spacial score (nSPS) is 19.5. The lowest BCUT2D eigenvalue weighted by Gasteiger charge is -2.35. The van der Waals surface area contributed by atoms with Gasteiger partial charge in [0.25, 0.3) is 0 Å². The van der Waals surface area contributed by atoms with Crippen LogP contribution in [0.25, 0.3) is 5.69 Å². The summed E-state index contributed by atoms with van der Waals surface area (Å²) in [5.41, 5.74) is 3.50. The molecule has 8 nitrogen and oxygen atoms in total. The summed E-state index contributed by atoms with van der Waals surface area (Å²) in [6, 6.07) is 12.9. The number of aryl methyl sites for hydroxylation is 2. The summed E-state index contributed by atoms with van der Waals surface area (Å²) in [6.07, 6.45) is 6.97. The van der Waals surface area contributed by atoms with Crippen LogP contribution in [0, 0.1) is 19.7 Å². The van der Waals surface area contributed by atoms with Gasteiger partial charge in [0.05, 0.1) is 29.5 Å². The van der Waals surface area contributed by atoms with E-state index in [0.29, 0.717) is 42.9 Å². The van der Waals surface area contributed by atoms with Gasteiger partial charge in [-0.2, -0.15) is 0 Å². The Morgan fingerprint density at radius 1 is 1.14 bits per heavy atom. The predicted octanol–water partition coefficient (Wildman–Crippen LogP) is 5.41. The van der Waals surface area contributed by atoms with Gasteiger partial charge in [-0.1, -0.05) is 18.2 Å². The number of carbonyl (C=O) groups is 1. The van der Waals surface area contributed by atoms with Gasteiger partial charge in [-0.25, -0.2) is 24.1 Å². The number of nitrogens with one attached hydrogen (secondary N) is 1. The molecule has 0 unspecified atom stereocenters. The lowest BCUT2D eigenvalue weighted by atomic mass is 9.74. The monoisotopic (exact) mass is 501 g/mol. The number of aromatic nitrogens is 4. The summed E-state index contributed by atoms with van der Waals surface area (Å²) < 4.78 is 15.4. The Balaban J connectivity index is 1.33. The van der Waals surface area contributed by atoms with E-state index in [2.05, 4.69) is 20.3 Å². The molecule has 37 heavy (non-hydrogen) atoms. The van der Waals surface area contributed by atoms with Crippen LogP contribution in [0.4, 0.5) is 16.0 Å². The zero-order valence-electron chi connectivity index (χ0n) is 20.6. The highest BCUT2D eigenvalue weighted by Gasteiger charge is 2.38. The highest BCUT2D eigenvalue weighted by molar-refractivity contribution is 5.89. The Kier molecular flexibility index (Phi) is 6.47. The van der Waals surface area contributed by atoms with Crippen LogP contribution in [-0.4, -0.2) is 35.7 Å². The van der Waals surface area contributed by atoms with Gasteiger partial charge in [0.2, 0.25) is 5.95 Å². The van der Waals surface area contributed by atoms with Gasteiger partial charge in [0.15, 0.2) is 5.82 Å². The molecule has 0 spiro atoms. The van der Waals surface area contributed by atoms with Gasteiger partial charge < -0.3 is 20.1 Å². The highest BCUT2D eigenvalue weighted by Crippen LogP contribution is 2.43. The van der Waals surface area contributed by atoms with Crippen molar-refractivity contribution in [2.24, 2.45) is 0 Å². The number of imidazole rings is 1. The number of carboxylic acid groups (broad SMARTS) is 1. The Hall–Kier alpha value is -4.11. The molecule has 0 aliphatic heterocycles. The molecule has 1 aliphatic rings. The van der Waals surface area contributed by atoms with Crippen LogP contribution in [0.3, 0.4) is 0 Å². The zero-order chi connectivity index (χ0) is 26.2. The Bertz CT molecular complexity index is 1460. The van der Waals surface area contributed by atoms with E-state index in [9.17, 15) is 19.4 Å². The van der Waals surface area contributed by atoms with Crippen LogP contribution >= 0.6 is 0 Å². The minimum atomic E-state index is -1.08. The maximum absolute atomic E-state index is 13.5. The summed E-state index contributed by atoms with van der Waals surface area (Å²) >= 11 is 0. The van der Waals surface area contributed by atoms with E-state index in [-0.39, 0.29) is 11.6 Å². The molecule has 9 heteroatoms. The summed E-state index contributed by atoms with van der Waals surface area (Å²) in [7, 11) is 0. The Labute approximate surface area is 213 Å². The molecule has 190 valence electrons. The van der Waals surface area contributed by atoms with Crippen LogP contribution < -0.4 is 5.32 Å². The van der Waals surface area contributed by atoms with Crippen molar-refractivity contribution >= 4 is 17.6 Å². The molecule has 1 saturated carbocycles. The van der Waals surface area contributed by atoms with Gasteiger partial charge in [-0.05, 0) is 80.8 Å². The number of carboxylic acids is 1. The fourth-order valence-corrected chi connectivity index (χ4v) is 5.04. The fourth-order valence-electron chi connectivity index (χ4n) is 5.04. The molecule has 1 aliphatic carbocycles. The van der Waals surface area contributed by atoms with Gasteiger partial charge in [-0.15, -0.1) is 0 Å². The first-order valence-electron chi connectivity index (χ1n) is 12.2. The number of halogens is 1. The molecular formula is C28H28FN5O3. The third-order valence-corrected chi connectivity index (χ3v) is 7.04. The van der Waals surface area contributed by atoms with E-state index in [4.69, 9.17) is 0 Å². The van der Waals surface area contributed by atoms with Gasteiger partial charge >= 0.3 is 5.97 Å². The van der Waals surface area contributed by atoms with Crippen LogP contribution in [0.15, 0.2) is 61.2 Å². The van der Waals surface area contributed by atoms with Crippen LogP contribution in [0.2, 0.25) is 0 Å². The number of benzene rings is 2. The number of hydrogen-bond donors (Lipinski definition) is 3. The van der Waals surface area contributed by atoms with Gasteiger partial charge in [0.1, 0.15) is 5.60 Å². The maximum atomic E-state index is 13.5. The number of nitrogens with zero attached hydrogens (tertiary/aromatic N) is 4. The number of rotatable bonds is 6. The largest absolute Gasteiger partial charge is 0.478 e. The molecule has 2 aromatic carbocycles. The van der Waals surface area contributed by atoms with Crippen molar-refractivity contribution in [3.05, 3.63) is 95.1 Å². The number of aromatic carboxylic acids is 1. The molecule has 0 saturated heterocycles. The third-order valence-electron chi connectivity index (χ3n) is 7.04. The quantitative estimate of drug-likeness (QED) is 0.324. The van der Waals surface area contributed by atoms with E-state index in [0.717, 1.165) is 28.7 Å². The Morgan fingerprint density at radius 3 is 2.62 bits per heavy atom. The minimum absolute atomic E-state index is 0.0809. The molecule has 2 aromatic heterocycles. The summed E-state index contributed by atoms with van der Waals surface area (Å²) in [5, 5.41) is 24.1. The van der Waals surface area contributed by atoms with Gasteiger partial charge in [0, 0.05) is 17.6 Å². The first-order valence-corrected chi connectivity index (χ1v) is 12.2. The van der Waals surface area contributed by atoms with Crippen LogP contribution in [0.5, 0.6) is 0 Å². The van der Waals surface area contributed by atoms with Crippen molar-refractivity contribution in [2.75, 3.05) is 5.32 Å². The smallest absolute Gasteiger partial charge is 0.335 e. The lowest BCUT2D eigenvalue weighted by molar-refractivity contribution is -0.00932. The van der Waals surface area contributed by atoms with Gasteiger partial charge in [-0.3, -0.25) is 0 Å². The summed E-state index contributed by atoms with van der Waals surface area (Å²) in [5.74, 6) is -1.00. The standard InChI is InChI=1S/C28H28FN5O3/c1-17-11-20(33-27-30-14-24(29)18(2)32-27)13-21(12-17)34-15-25(31-16-34)28(37)9-7-19(8-10-28)22-5-3-4-6-23(22)26(35)36/h3-6,11-16,19,37H,7-10H2,1-2H3,(H,35,36)(H,30,32,33). The van der Waals surface area contributed by atoms with E-state index < -0.39 is 17.4 Å². The van der Waals surface area contributed by atoms with Crippen molar-refractivity contribution in [1.29, 1.82) is 0 Å². The molecule has 4 aromatic rings. The number of aliphatic hydroxyl groups is 1. The minimum Gasteiger partial charge on any atom is -0.478 e. The molecule has 3 N–H and O–H groups in total. The first-order chi connectivity index (χ1) is 17.7. The van der Waals surface area contributed by atoms with Crippen molar-refractivity contribution < 1.29 is 19.4 Å². The zero-order valence-corrected chi connectivity index (χ0v) is 20.6. The number of anilines is 2.